The minimum absolute atomic E-state index is 0.0742. The third kappa shape index (κ3) is 6.90. The van der Waals surface area contributed by atoms with Crippen molar-refractivity contribution in [2.75, 3.05) is 14.2 Å². The van der Waals surface area contributed by atoms with Crippen LogP contribution in [0.25, 0.3) is 0 Å². The molecule has 0 bridgehead atoms. The third-order valence-corrected chi connectivity index (χ3v) is 6.46. The Morgan fingerprint density at radius 3 is 2.30 bits per heavy atom. The van der Waals surface area contributed by atoms with Crippen molar-refractivity contribution in [3.63, 3.8) is 0 Å². The van der Waals surface area contributed by atoms with Crippen LogP contribution in [0.15, 0.2) is 60.8 Å². The van der Waals surface area contributed by atoms with Gasteiger partial charge in [-0.1, -0.05) is 0 Å². The fourth-order valence-corrected chi connectivity index (χ4v) is 4.36. The maximum absolute atomic E-state index is 13.5. The fraction of sp³-hybridized carbons (Fsp3) is 0.345. The van der Waals surface area contributed by atoms with Gasteiger partial charge in [-0.15, -0.1) is 0 Å². The molecule has 0 spiro atoms. The number of nitrogens with zero attached hydrogens (tertiary/aromatic N) is 1. The van der Waals surface area contributed by atoms with Crippen LogP contribution in [0, 0.1) is 5.82 Å². The third-order valence-electron chi connectivity index (χ3n) is 6.46. The number of hydrogen-bond acceptors (Lipinski definition) is 9. The molecule has 0 radical (unpaired) electrons. The summed E-state index contributed by atoms with van der Waals surface area (Å²) in [5.41, 5.74) is -0.279. The zero-order chi connectivity index (χ0) is 28.6. The molecule has 0 saturated carbocycles. The van der Waals surface area contributed by atoms with Gasteiger partial charge in [0.05, 0.1) is 14.2 Å². The molecule has 1 aromatic heterocycles. The highest BCUT2D eigenvalue weighted by atomic mass is 19.1. The second kappa shape index (κ2) is 13.0. The van der Waals surface area contributed by atoms with E-state index in [4.69, 9.17) is 23.7 Å². The van der Waals surface area contributed by atoms with Gasteiger partial charge in [0.2, 0.25) is 0 Å². The molecule has 4 atom stereocenters. The number of pyridine rings is 1. The van der Waals surface area contributed by atoms with Gasteiger partial charge in [-0.3, -0.25) is 4.79 Å². The van der Waals surface area contributed by atoms with Crippen LogP contribution in [-0.2, 0) is 9.53 Å². The summed E-state index contributed by atoms with van der Waals surface area (Å²) in [6, 6.07) is 12.9. The molecule has 4 rings (SSSR count). The maximum Gasteiger partial charge on any atom is 0.329 e. The van der Waals surface area contributed by atoms with E-state index in [1.54, 1.807) is 38.3 Å². The molecule has 4 unspecified atom stereocenters. The van der Waals surface area contributed by atoms with Crippen LogP contribution in [0.1, 0.15) is 36.7 Å². The quantitative estimate of drug-likeness (QED) is 0.397. The number of nitrogens with one attached hydrogen (secondary N) is 1. The largest absolute Gasteiger partial charge is 0.503 e. The van der Waals surface area contributed by atoms with Crippen molar-refractivity contribution in [1.82, 2.24) is 10.3 Å². The van der Waals surface area contributed by atoms with Gasteiger partial charge in [-0.2, -0.15) is 0 Å². The lowest BCUT2D eigenvalue weighted by atomic mass is 10.0. The first kappa shape index (κ1) is 28.5. The average molecular weight is 555 g/mol. The number of rotatable bonds is 8. The predicted octanol–water partition coefficient (Wildman–Crippen LogP) is 4.05. The number of halogens is 1. The monoisotopic (exact) mass is 554 g/mol. The van der Waals surface area contributed by atoms with E-state index >= 15 is 0 Å². The Morgan fingerprint density at radius 2 is 1.62 bits per heavy atom. The Labute approximate surface area is 231 Å². The smallest absolute Gasteiger partial charge is 0.329 e. The van der Waals surface area contributed by atoms with E-state index in [1.165, 1.54) is 43.6 Å². The summed E-state index contributed by atoms with van der Waals surface area (Å²) in [4.78, 5) is 30.0. The summed E-state index contributed by atoms with van der Waals surface area (Å²) in [6.45, 7) is 1.66. The van der Waals surface area contributed by atoms with Crippen LogP contribution in [-0.4, -0.2) is 60.5 Å². The highest BCUT2D eigenvalue weighted by molar-refractivity contribution is 5.97. The Morgan fingerprint density at radius 1 is 0.975 bits per heavy atom. The number of aromatic nitrogens is 1. The zero-order valence-corrected chi connectivity index (χ0v) is 22.3. The molecule has 40 heavy (non-hydrogen) atoms. The molecule has 212 valence electrons. The summed E-state index contributed by atoms with van der Waals surface area (Å²) in [5, 5.41) is 12.9. The number of esters is 1. The SMILES string of the molecule is COc1ccc(OC2CCCC(NC(=O)c3nccc(OC)c3O)C(=O)OC(C)C2Oc2ccc(F)cc2)cc1. The van der Waals surface area contributed by atoms with E-state index in [1.807, 2.05) is 0 Å². The number of methoxy groups -OCH3 is 2. The summed E-state index contributed by atoms with van der Waals surface area (Å²) >= 11 is 0. The second-order valence-corrected chi connectivity index (χ2v) is 9.18. The van der Waals surface area contributed by atoms with E-state index < -0.39 is 47.8 Å². The first-order valence-electron chi connectivity index (χ1n) is 12.7. The first-order valence-corrected chi connectivity index (χ1v) is 12.7. The molecule has 3 aromatic rings. The number of aromatic hydroxyl groups is 1. The Balaban J connectivity index is 1.56. The van der Waals surface area contributed by atoms with Crippen LogP contribution in [0.5, 0.6) is 28.7 Å². The lowest BCUT2D eigenvalue weighted by Crippen LogP contribution is -2.47. The number of cyclic esters (lactones) is 1. The molecular formula is C29H31FN2O8. The molecule has 2 aromatic carbocycles. The van der Waals surface area contributed by atoms with Crippen molar-refractivity contribution in [3.05, 3.63) is 72.3 Å². The number of amides is 1. The number of benzene rings is 2. The molecule has 0 aliphatic carbocycles. The van der Waals surface area contributed by atoms with E-state index in [0.29, 0.717) is 30.1 Å². The maximum atomic E-state index is 13.5. The second-order valence-electron chi connectivity index (χ2n) is 9.18. The molecule has 1 fully saturated rings. The number of ether oxygens (including phenoxy) is 5. The standard InChI is InChI=1S/C29H31FN2O8/c1-17-27(40-21-9-7-18(30)8-10-21)24(39-20-13-11-19(36-2)12-14-20)6-4-5-22(29(35)38-17)32-28(34)25-26(33)23(37-3)15-16-31-25/h7-17,22,24,27,33H,4-6H2,1-3H3,(H,32,34). The van der Waals surface area contributed by atoms with Gasteiger partial charge in [-0.25, -0.2) is 14.2 Å². The zero-order valence-electron chi connectivity index (χ0n) is 22.3. The van der Waals surface area contributed by atoms with Crippen LogP contribution < -0.4 is 24.3 Å². The minimum Gasteiger partial charge on any atom is -0.503 e. The van der Waals surface area contributed by atoms with Gasteiger partial charge in [0.1, 0.15) is 41.3 Å². The number of hydrogen-bond donors (Lipinski definition) is 2. The molecule has 11 heteroatoms. The van der Waals surface area contributed by atoms with Crippen molar-refractivity contribution in [1.29, 1.82) is 0 Å². The summed E-state index contributed by atoms with van der Waals surface area (Å²) in [7, 11) is 2.92. The van der Waals surface area contributed by atoms with E-state index in [0.717, 1.165) is 0 Å². The van der Waals surface area contributed by atoms with E-state index in [9.17, 15) is 19.1 Å². The Hall–Kier alpha value is -4.54. The van der Waals surface area contributed by atoms with Crippen molar-refractivity contribution in [2.45, 2.75) is 50.5 Å². The van der Waals surface area contributed by atoms with Crippen LogP contribution in [0.2, 0.25) is 0 Å². The summed E-state index contributed by atoms with van der Waals surface area (Å²) in [6.07, 6.45) is 0.280. The topological polar surface area (TPSA) is 125 Å². The normalized spacial score (nSPS) is 21.1. The molecule has 1 aliphatic rings. The van der Waals surface area contributed by atoms with Crippen LogP contribution in [0.4, 0.5) is 4.39 Å². The highest BCUT2D eigenvalue weighted by Crippen LogP contribution is 2.29. The van der Waals surface area contributed by atoms with Gasteiger partial charge in [-0.05, 0) is 74.7 Å². The van der Waals surface area contributed by atoms with Crippen LogP contribution in [0.3, 0.4) is 0 Å². The minimum atomic E-state index is -1.02. The lowest BCUT2D eigenvalue weighted by Gasteiger charge is -2.31. The lowest BCUT2D eigenvalue weighted by molar-refractivity contribution is -0.157. The molecule has 2 heterocycles. The highest BCUT2D eigenvalue weighted by Gasteiger charge is 2.37. The van der Waals surface area contributed by atoms with Crippen molar-refractivity contribution in [2.24, 2.45) is 0 Å². The Kier molecular flexibility index (Phi) is 9.26. The average Bonchev–Trinajstić information content (AvgIpc) is 3.00. The van der Waals surface area contributed by atoms with Crippen molar-refractivity contribution < 1.29 is 42.8 Å². The Bertz CT molecular complexity index is 1300. The van der Waals surface area contributed by atoms with E-state index in [-0.39, 0.29) is 17.9 Å². The fourth-order valence-electron chi connectivity index (χ4n) is 4.36. The first-order chi connectivity index (χ1) is 19.3. The van der Waals surface area contributed by atoms with Gasteiger partial charge < -0.3 is 34.1 Å². The van der Waals surface area contributed by atoms with Gasteiger partial charge in [0, 0.05) is 12.3 Å². The van der Waals surface area contributed by atoms with Crippen molar-refractivity contribution in [3.8, 4) is 28.7 Å². The molecule has 1 amide bonds. The van der Waals surface area contributed by atoms with Crippen molar-refractivity contribution >= 4 is 11.9 Å². The molecule has 1 aliphatic heterocycles. The van der Waals surface area contributed by atoms with Crippen LogP contribution >= 0.6 is 0 Å². The molecule has 2 N–H and O–H groups in total. The predicted molar refractivity (Wildman–Crippen MR) is 141 cm³/mol. The number of carbonyl (C=O) groups excluding carboxylic acids is 2. The molecule has 1 saturated heterocycles. The summed E-state index contributed by atoms with van der Waals surface area (Å²) < 4.78 is 42.0. The van der Waals surface area contributed by atoms with Gasteiger partial charge in [0.15, 0.2) is 23.3 Å². The van der Waals surface area contributed by atoms with Gasteiger partial charge >= 0.3 is 5.97 Å². The summed E-state index contributed by atoms with van der Waals surface area (Å²) in [5.74, 6) is -0.613. The molecule has 10 nitrogen and oxygen atoms in total. The number of carbonyl (C=O) groups is 2. The molecular weight excluding hydrogens is 523 g/mol. The van der Waals surface area contributed by atoms with E-state index in [2.05, 4.69) is 10.3 Å². The van der Waals surface area contributed by atoms with Gasteiger partial charge in [0.25, 0.3) is 5.91 Å².